The Morgan fingerprint density at radius 3 is 1.31 bits per heavy atom. The summed E-state index contributed by atoms with van der Waals surface area (Å²) in [5, 5.41) is 33.5. The largest absolute Gasteiger partial charge is 0.488 e. The van der Waals surface area contributed by atoms with E-state index in [9.17, 15) is 19.2 Å². The van der Waals surface area contributed by atoms with Crippen molar-refractivity contribution in [2.45, 2.75) is 100 Å². The van der Waals surface area contributed by atoms with E-state index in [2.05, 4.69) is 88.7 Å². The number of alkyl halides is 1. The summed E-state index contributed by atoms with van der Waals surface area (Å²) in [5.41, 5.74) is 8.27. The Labute approximate surface area is 530 Å². The zero-order valence-corrected chi connectivity index (χ0v) is 52.2. The number of rotatable bonds is 19. The van der Waals surface area contributed by atoms with E-state index in [1.807, 2.05) is 166 Å². The van der Waals surface area contributed by atoms with Crippen LogP contribution in [0.15, 0.2) is 170 Å². The van der Waals surface area contributed by atoms with Gasteiger partial charge >= 0.3 is 12.1 Å². The highest BCUT2D eigenvalue weighted by Gasteiger charge is 2.24. The number of amides is 6. The topological polar surface area (TPSA) is 232 Å². The smallest absolute Gasteiger partial charge is 0.324 e. The Kier molecular flexibility index (Phi) is 21.8. The Balaban J connectivity index is 0.000000230. The van der Waals surface area contributed by atoms with Crippen molar-refractivity contribution in [3.8, 4) is 22.9 Å². The normalized spacial score (nSPS) is 11.2. The van der Waals surface area contributed by atoms with Crippen LogP contribution in [0.4, 0.5) is 44.2 Å². The van der Waals surface area contributed by atoms with Gasteiger partial charge in [0.15, 0.2) is 0 Å². The summed E-state index contributed by atoms with van der Waals surface area (Å²) < 4.78 is 15.9. The molecule has 4 aromatic heterocycles. The summed E-state index contributed by atoms with van der Waals surface area (Å²) in [6.45, 7) is 20.2. The number of urea groups is 2. The van der Waals surface area contributed by atoms with E-state index in [0.717, 1.165) is 79.5 Å². The number of anilines is 6. The maximum atomic E-state index is 13.4. The van der Waals surface area contributed by atoms with Crippen molar-refractivity contribution in [2.24, 2.45) is 0 Å². The number of benzene rings is 6. The lowest BCUT2D eigenvalue weighted by molar-refractivity contribution is -0.115. The molecule has 6 aromatic carbocycles. The van der Waals surface area contributed by atoms with E-state index in [1.165, 1.54) is 0 Å². The average Bonchev–Trinajstić information content (AvgIpc) is 1.52. The fourth-order valence-electron chi connectivity index (χ4n) is 9.32. The molecule has 0 atom stereocenters. The van der Waals surface area contributed by atoms with Gasteiger partial charge in [0.25, 0.3) is 0 Å². The fraction of sp³-hybridized carbons (Fsp3) is 0.257. The highest BCUT2D eigenvalue weighted by molar-refractivity contribution is 6.29. The van der Waals surface area contributed by atoms with Gasteiger partial charge in [-0.25, -0.2) is 28.9 Å². The fourth-order valence-corrected chi connectivity index (χ4v) is 9.39. The van der Waals surface area contributed by atoms with Gasteiger partial charge in [0.05, 0.1) is 40.7 Å². The Hall–Kier alpha value is -10.1. The van der Waals surface area contributed by atoms with Crippen LogP contribution < -0.4 is 46.7 Å². The Morgan fingerprint density at radius 2 is 0.911 bits per heavy atom. The number of aryl methyl sites for hydroxylation is 2. The molecule has 0 aliphatic heterocycles. The van der Waals surface area contributed by atoms with Crippen LogP contribution in [-0.4, -0.2) is 72.4 Å². The molecule has 466 valence electrons. The van der Waals surface area contributed by atoms with E-state index in [4.69, 9.17) is 31.3 Å². The molecule has 0 unspecified atom stereocenters. The number of nitrogens with zero attached hydrogens (tertiary/aromatic N) is 6. The van der Waals surface area contributed by atoms with Gasteiger partial charge in [0.1, 0.15) is 53.9 Å². The third-order valence-corrected chi connectivity index (χ3v) is 14.3. The number of fused-ring (bicyclic) bond motifs is 2. The lowest BCUT2D eigenvalue weighted by Crippen LogP contribution is -2.28. The van der Waals surface area contributed by atoms with E-state index in [0.29, 0.717) is 46.1 Å². The monoisotopic (exact) mass is 1230 g/mol. The standard InChI is InChI=1S/C36H41N7O3.C33H33ClN6O3.CH4/c1-6-18-37-22-34(44)40-32-20-25(17-19-38-32)23-46-30-16-15-29(27-9-7-8-10-28(27)30)39-35(45)41-33-21-31(36(3,4)5)42-43(33)26-13-11-24(2)12-14-26;1-21-9-11-23(12-10-21)40-30(18-28(39-40)33(2,3)4)38-32(42)36-26-13-14-27(25-8-6-5-7-24(25)26)43-20-22-15-16-35-29(17-22)37-31(41)19-34;/h7-17,19-21,37H,6,18,22-23H2,1-5H3,(H,38,40,44)(H2,39,41,45);5-18H,19-20H2,1-4H3,(H,35,37,41)(H2,36,38,42);1H4. The van der Waals surface area contributed by atoms with Gasteiger partial charge in [-0.1, -0.05) is 140 Å². The first-order valence-electron chi connectivity index (χ1n) is 29.3. The van der Waals surface area contributed by atoms with Crippen molar-refractivity contribution < 1.29 is 28.7 Å². The number of hydrogen-bond donors (Lipinski definition) is 7. The summed E-state index contributed by atoms with van der Waals surface area (Å²) >= 11 is 5.58. The third kappa shape index (κ3) is 17.4. The second-order valence-electron chi connectivity index (χ2n) is 23.4. The number of hydrogen-bond acceptors (Lipinski definition) is 11. The molecule has 0 aliphatic rings. The predicted molar refractivity (Wildman–Crippen MR) is 362 cm³/mol. The minimum absolute atomic E-state index is 0. The minimum Gasteiger partial charge on any atom is -0.488 e. The Bertz CT molecular complexity index is 4130. The van der Waals surface area contributed by atoms with Crippen LogP contribution in [0.5, 0.6) is 11.5 Å². The van der Waals surface area contributed by atoms with E-state index in [1.54, 1.807) is 33.9 Å². The summed E-state index contributed by atoms with van der Waals surface area (Å²) in [5.74, 6) is 2.69. The first-order valence-corrected chi connectivity index (χ1v) is 29.8. The molecule has 0 fully saturated rings. The van der Waals surface area contributed by atoms with Crippen molar-refractivity contribution in [3.63, 3.8) is 0 Å². The molecular formula is C70H78ClN13O6. The summed E-state index contributed by atoms with van der Waals surface area (Å²) in [6.07, 6.45) is 4.20. The van der Waals surface area contributed by atoms with Crippen molar-refractivity contribution in [2.75, 3.05) is 50.9 Å². The molecule has 7 N–H and O–H groups in total. The number of aromatic nitrogens is 6. The molecule has 6 amide bonds. The van der Waals surface area contributed by atoms with Crippen LogP contribution in [0.3, 0.4) is 0 Å². The first-order chi connectivity index (χ1) is 42.7. The molecule has 19 nitrogen and oxygen atoms in total. The highest BCUT2D eigenvalue weighted by atomic mass is 35.5. The highest BCUT2D eigenvalue weighted by Crippen LogP contribution is 2.35. The number of ether oxygens (including phenoxy) is 2. The van der Waals surface area contributed by atoms with E-state index < -0.39 is 6.03 Å². The van der Waals surface area contributed by atoms with Crippen molar-refractivity contribution >= 4 is 91.7 Å². The second kappa shape index (κ2) is 29.7. The van der Waals surface area contributed by atoms with Gasteiger partial charge in [-0.15, -0.1) is 11.6 Å². The molecule has 10 aromatic rings. The van der Waals surface area contributed by atoms with E-state index in [-0.39, 0.29) is 61.7 Å². The molecule has 0 saturated carbocycles. The molecule has 0 radical (unpaired) electrons. The van der Waals surface area contributed by atoms with Gasteiger partial charge in [-0.2, -0.15) is 10.2 Å². The van der Waals surface area contributed by atoms with Crippen LogP contribution >= 0.6 is 11.6 Å². The average molecular weight is 1230 g/mol. The molecule has 4 heterocycles. The SMILES string of the molecule is C.CCCNCC(=O)Nc1cc(COc2ccc(NC(=O)Nc3cc(C(C)(C)C)nn3-c3ccc(C)cc3)c3ccccc23)ccn1.Cc1ccc(-n2nc(C(C)(C)C)cc2NC(=O)Nc2ccc(OCc3ccnc(NC(=O)CCl)c3)c3ccccc23)cc1. The Morgan fingerprint density at radius 1 is 0.500 bits per heavy atom. The number of pyridine rings is 2. The van der Waals surface area contributed by atoms with Crippen molar-refractivity contribution in [1.82, 2.24) is 34.8 Å². The molecule has 10 rings (SSSR count). The van der Waals surface area contributed by atoms with Gasteiger partial charge < -0.3 is 36.1 Å². The molecule has 0 spiro atoms. The van der Waals surface area contributed by atoms with Crippen molar-refractivity contribution in [3.05, 3.63) is 204 Å². The molecule has 0 saturated heterocycles. The first kappa shape index (κ1) is 65.9. The van der Waals surface area contributed by atoms with E-state index >= 15 is 0 Å². The predicted octanol–water partition coefficient (Wildman–Crippen LogP) is 15.3. The van der Waals surface area contributed by atoms with Crippen LogP contribution in [0.25, 0.3) is 32.9 Å². The van der Waals surface area contributed by atoms with Crippen LogP contribution in [0.1, 0.15) is 96.0 Å². The number of carbonyl (C=O) groups is 4. The van der Waals surface area contributed by atoms with Gasteiger partial charge in [0.2, 0.25) is 11.8 Å². The molecule has 0 bridgehead atoms. The molecular weight excluding hydrogens is 1150 g/mol. The molecule has 20 heteroatoms. The van der Waals surface area contributed by atoms with Gasteiger partial charge in [0, 0.05) is 56.9 Å². The third-order valence-electron chi connectivity index (χ3n) is 14.1. The second-order valence-corrected chi connectivity index (χ2v) is 23.6. The maximum absolute atomic E-state index is 13.4. The number of halogens is 1. The van der Waals surface area contributed by atoms with Gasteiger partial charge in [-0.05, 0) is 111 Å². The number of nitrogens with one attached hydrogen (secondary N) is 7. The lowest BCUT2D eigenvalue weighted by Gasteiger charge is -2.15. The zero-order chi connectivity index (χ0) is 63.2. The minimum atomic E-state index is -0.393. The van der Waals surface area contributed by atoms with Crippen molar-refractivity contribution in [1.29, 1.82) is 0 Å². The quantitative estimate of drug-likeness (QED) is 0.0297. The van der Waals surface area contributed by atoms with Crippen LogP contribution in [0, 0.1) is 13.8 Å². The summed E-state index contributed by atoms with van der Waals surface area (Å²) in [7, 11) is 0. The molecule has 0 aliphatic carbocycles. The van der Waals surface area contributed by atoms with Crippen LogP contribution in [0.2, 0.25) is 0 Å². The lowest BCUT2D eigenvalue weighted by atomic mass is 9.92. The van der Waals surface area contributed by atoms with Gasteiger partial charge in [-0.3, -0.25) is 20.2 Å². The molecule has 90 heavy (non-hydrogen) atoms. The summed E-state index contributed by atoms with van der Waals surface area (Å²) in [6, 6.07) is 49.0. The zero-order valence-electron chi connectivity index (χ0n) is 51.4. The number of carbonyl (C=O) groups excluding carboxylic acids is 4. The van der Waals surface area contributed by atoms with Crippen LogP contribution in [-0.2, 0) is 33.6 Å². The maximum Gasteiger partial charge on any atom is 0.324 e. The summed E-state index contributed by atoms with van der Waals surface area (Å²) in [4.78, 5) is 58.9.